The van der Waals surface area contributed by atoms with E-state index in [2.05, 4.69) is 65.0 Å². The number of benzene rings is 2. The van der Waals surface area contributed by atoms with Crippen molar-refractivity contribution < 1.29 is 29.6 Å². The normalized spacial score (nSPS) is 30.9. The third-order valence-electron chi connectivity index (χ3n) is 12.3. The summed E-state index contributed by atoms with van der Waals surface area (Å²) in [6.45, 7) is 13.4. The second kappa shape index (κ2) is 11.0. The van der Waals surface area contributed by atoms with Gasteiger partial charge in [0.05, 0.1) is 12.2 Å². The van der Waals surface area contributed by atoms with Gasteiger partial charge in [-0.3, -0.25) is 4.79 Å². The maximum atomic E-state index is 13.3. The summed E-state index contributed by atoms with van der Waals surface area (Å²) in [4.78, 5) is 13.3. The fourth-order valence-corrected chi connectivity index (χ4v) is 9.38. The molecule has 6 atom stereocenters. The van der Waals surface area contributed by atoms with Crippen LogP contribution >= 0.6 is 0 Å². The van der Waals surface area contributed by atoms with Gasteiger partial charge < -0.3 is 24.8 Å². The molecule has 0 saturated heterocycles. The van der Waals surface area contributed by atoms with Gasteiger partial charge in [0.15, 0.2) is 23.0 Å². The molecule has 1 aliphatic heterocycles. The van der Waals surface area contributed by atoms with E-state index in [1.807, 2.05) is 13.0 Å². The van der Waals surface area contributed by atoms with Gasteiger partial charge >= 0.3 is 0 Å². The maximum absolute atomic E-state index is 13.3. The van der Waals surface area contributed by atoms with E-state index in [4.69, 9.17) is 9.47 Å². The summed E-state index contributed by atoms with van der Waals surface area (Å²) in [6.07, 6.45) is 13.5. The molecule has 0 amide bonds. The molecule has 0 bridgehead atoms. The second-order valence-electron chi connectivity index (χ2n) is 16.4. The molecule has 2 saturated carbocycles. The Balaban J connectivity index is 1.39. The average molecular weight is 627 g/mol. The summed E-state index contributed by atoms with van der Waals surface area (Å²) in [7, 11) is 0. The monoisotopic (exact) mass is 626 g/mol. The minimum absolute atomic E-state index is 0.00920. The molecule has 2 fully saturated rings. The molecule has 2 aromatic carbocycles. The zero-order chi connectivity index (χ0) is 32.8. The number of hydrogen-bond acceptors (Lipinski definition) is 6. The van der Waals surface area contributed by atoms with Gasteiger partial charge in [0, 0.05) is 65.4 Å². The predicted octanol–water partition coefficient (Wildman–Crippen LogP) is 8.09. The maximum Gasteiger partial charge on any atom is 0.173 e. The van der Waals surface area contributed by atoms with Gasteiger partial charge in [-0.2, -0.15) is 0 Å². The number of carbonyl (C=O) groups excluding carboxylic acids is 1. The standard InChI is InChI=1S/C40H50O6/c1-22(20-41)26-16-24-8-10-31-29(32(42)12-15-38(31,3)4)18-28(24)34(43)35(26)46-37-30-19-40(44)14-7-13-39(5,6)33(40)11-9-25(30)17-27-23(2)21-45-36(27)37/h8-11,16-17,22-23,29,31,33,41,43-44H,7,12-15,18-21H2,1-6H3/t22-,23-,29+,31+,33-,40-/m0/s1. The summed E-state index contributed by atoms with van der Waals surface area (Å²) >= 11 is 0. The van der Waals surface area contributed by atoms with Crippen molar-refractivity contribution in [3.63, 3.8) is 0 Å². The van der Waals surface area contributed by atoms with E-state index in [-0.39, 0.29) is 58.6 Å². The van der Waals surface area contributed by atoms with E-state index < -0.39 is 5.60 Å². The van der Waals surface area contributed by atoms with Crippen molar-refractivity contribution >= 4 is 17.9 Å². The number of hydrogen-bond donors (Lipinski definition) is 3. The number of phenols is 1. The topological polar surface area (TPSA) is 96.2 Å². The lowest BCUT2D eigenvalue weighted by molar-refractivity contribution is -0.129. The van der Waals surface area contributed by atoms with Crippen molar-refractivity contribution in [1.82, 2.24) is 0 Å². The molecule has 3 N–H and O–H groups in total. The van der Waals surface area contributed by atoms with E-state index in [0.717, 1.165) is 41.5 Å². The highest BCUT2D eigenvalue weighted by Gasteiger charge is 2.49. The first kappa shape index (κ1) is 31.5. The van der Waals surface area contributed by atoms with Crippen LogP contribution < -0.4 is 9.47 Å². The van der Waals surface area contributed by atoms with Crippen molar-refractivity contribution in [2.24, 2.45) is 28.6 Å². The number of ether oxygens (including phenoxy) is 2. The molecule has 1 heterocycles. The van der Waals surface area contributed by atoms with Gasteiger partial charge in [0.25, 0.3) is 0 Å². The van der Waals surface area contributed by atoms with Gasteiger partial charge in [-0.25, -0.2) is 0 Å². The Bertz CT molecular complexity index is 1650. The van der Waals surface area contributed by atoms with Crippen LogP contribution in [0.1, 0.15) is 119 Å². The third-order valence-corrected chi connectivity index (χ3v) is 12.3. The smallest absolute Gasteiger partial charge is 0.173 e. The Morgan fingerprint density at radius 3 is 2.50 bits per heavy atom. The minimum atomic E-state index is -0.939. The Morgan fingerprint density at radius 1 is 1.00 bits per heavy atom. The Labute approximate surface area is 273 Å². The zero-order valence-electron chi connectivity index (χ0n) is 28.3. The first-order chi connectivity index (χ1) is 21.7. The Morgan fingerprint density at radius 2 is 1.74 bits per heavy atom. The molecule has 0 aromatic heterocycles. The summed E-state index contributed by atoms with van der Waals surface area (Å²) < 4.78 is 13.3. The van der Waals surface area contributed by atoms with Crippen molar-refractivity contribution in [1.29, 1.82) is 0 Å². The van der Waals surface area contributed by atoms with Crippen LogP contribution in [0, 0.1) is 28.6 Å². The van der Waals surface area contributed by atoms with Crippen molar-refractivity contribution in [2.75, 3.05) is 13.2 Å². The molecule has 2 aromatic rings. The zero-order valence-corrected chi connectivity index (χ0v) is 28.3. The van der Waals surface area contributed by atoms with Gasteiger partial charge in [0.2, 0.25) is 0 Å². The van der Waals surface area contributed by atoms with Crippen LogP contribution in [0.25, 0.3) is 12.2 Å². The Hall–Kier alpha value is -3.09. The number of aliphatic hydroxyl groups is 2. The molecule has 7 rings (SSSR count). The first-order valence-electron chi connectivity index (χ1n) is 17.4. The van der Waals surface area contributed by atoms with Gasteiger partial charge in [0.1, 0.15) is 5.78 Å². The summed E-state index contributed by atoms with van der Waals surface area (Å²) in [5, 5.41) is 34.8. The lowest BCUT2D eigenvalue weighted by Gasteiger charge is -2.48. The van der Waals surface area contributed by atoms with E-state index >= 15 is 0 Å². The molecule has 5 aliphatic rings. The highest BCUT2D eigenvalue weighted by Crippen LogP contribution is 2.56. The van der Waals surface area contributed by atoms with E-state index in [1.165, 1.54) is 0 Å². The van der Waals surface area contributed by atoms with E-state index in [1.54, 1.807) is 0 Å². The van der Waals surface area contributed by atoms with Crippen LogP contribution in [0.3, 0.4) is 0 Å². The van der Waals surface area contributed by atoms with Crippen LogP contribution in [0.5, 0.6) is 23.0 Å². The highest BCUT2D eigenvalue weighted by atomic mass is 16.5. The number of fused-ring (bicyclic) bond motifs is 5. The molecular weight excluding hydrogens is 576 g/mol. The van der Waals surface area contributed by atoms with Crippen LogP contribution in [-0.2, 0) is 17.6 Å². The summed E-state index contributed by atoms with van der Waals surface area (Å²) in [6, 6.07) is 4.21. The molecule has 0 radical (unpaired) electrons. The molecule has 6 heteroatoms. The summed E-state index contributed by atoms with van der Waals surface area (Å²) in [5.41, 5.74) is 4.22. The average Bonchev–Trinajstić information content (AvgIpc) is 3.15. The fourth-order valence-electron chi connectivity index (χ4n) is 9.38. The number of Topliss-reactive ketones (excluding diaryl/α,β-unsaturated/α-hetero) is 1. The molecule has 246 valence electrons. The molecule has 46 heavy (non-hydrogen) atoms. The molecule has 0 unspecified atom stereocenters. The number of carbonyl (C=O) groups is 1. The molecule has 0 spiro atoms. The van der Waals surface area contributed by atoms with Gasteiger partial charge in [-0.15, -0.1) is 0 Å². The number of ketones is 1. The fraction of sp³-hybridized carbons (Fsp3) is 0.575. The number of phenolic OH excluding ortho intramolecular Hbond substituents is 1. The van der Waals surface area contributed by atoms with Crippen molar-refractivity contribution in [2.45, 2.75) is 104 Å². The number of allylic oxidation sites excluding steroid dienone is 1. The quantitative estimate of drug-likeness (QED) is 0.318. The number of aliphatic hydroxyl groups excluding tert-OH is 1. The summed E-state index contributed by atoms with van der Waals surface area (Å²) in [5.74, 6) is 1.47. The predicted molar refractivity (Wildman–Crippen MR) is 181 cm³/mol. The van der Waals surface area contributed by atoms with Crippen LogP contribution in [0.2, 0.25) is 0 Å². The lowest BCUT2D eigenvalue weighted by atomic mass is 9.60. The third kappa shape index (κ3) is 4.93. The minimum Gasteiger partial charge on any atom is -0.504 e. The second-order valence-corrected chi connectivity index (χ2v) is 16.4. The number of rotatable bonds is 4. The Kier molecular flexibility index (Phi) is 7.52. The van der Waals surface area contributed by atoms with Crippen molar-refractivity contribution in [3.8, 4) is 23.0 Å². The van der Waals surface area contributed by atoms with Crippen LogP contribution in [0.4, 0.5) is 0 Å². The first-order valence-corrected chi connectivity index (χ1v) is 17.4. The largest absolute Gasteiger partial charge is 0.504 e. The van der Waals surface area contributed by atoms with Gasteiger partial charge in [-0.05, 0) is 65.7 Å². The number of aromatic hydroxyl groups is 1. The molecule has 4 aliphatic carbocycles. The van der Waals surface area contributed by atoms with Crippen LogP contribution in [0.15, 0.2) is 24.3 Å². The van der Waals surface area contributed by atoms with E-state index in [0.29, 0.717) is 60.7 Å². The van der Waals surface area contributed by atoms with Gasteiger partial charge in [-0.1, -0.05) is 72.3 Å². The molecular formula is C40H50O6. The van der Waals surface area contributed by atoms with Crippen molar-refractivity contribution in [3.05, 3.63) is 57.7 Å². The SMILES string of the molecule is C[C@@H](CO)c1cc2c(c(O)c1Oc1c3c(cc4c1OC[C@@H]4C)C=C[C@H]1C(C)(C)CCC[C@]1(O)C3)C[C@H]1C(=O)CCC(C)(C)[C@@H]1C=C2. The lowest BCUT2D eigenvalue weighted by Crippen LogP contribution is -2.49. The van der Waals surface area contributed by atoms with Crippen LogP contribution in [-0.4, -0.2) is 39.9 Å². The highest BCUT2D eigenvalue weighted by molar-refractivity contribution is 5.84. The van der Waals surface area contributed by atoms with E-state index in [9.17, 15) is 20.1 Å². The molecule has 6 nitrogen and oxygen atoms in total.